The van der Waals surface area contributed by atoms with Crippen molar-refractivity contribution in [2.75, 3.05) is 45.1 Å². The van der Waals surface area contributed by atoms with Crippen molar-refractivity contribution < 1.29 is 18.0 Å². The summed E-state index contributed by atoms with van der Waals surface area (Å²) < 4.78 is 38.1. The van der Waals surface area contributed by atoms with Crippen LogP contribution in [-0.2, 0) is 11.0 Å². The molecule has 0 radical (unpaired) electrons. The highest BCUT2D eigenvalue weighted by atomic mass is 127. The molecule has 0 spiro atoms. The Bertz CT molecular complexity index is 695. The molecule has 2 heterocycles. The van der Waals surface area contributed by atoms with Gasteiger partial charge in [-0.3, -0.25) is 9.79 Å². The number of carbonyl (C=O) groups excluding carboxylic acids is 1. The molecular weight excluding hydrogens is 514 g/mol. The maximum Gasteiger partial charge on any atom is 0.433 e. The number of alkyl halides is 3. The van der Waals surface area contributed by atoms with Crippen LogP contribution in [0.3, 0.4) is 0 Å². The fourth-order valence-corrected chi connectivity index (χ4v) is 3.07. The van der Waals surface area contributed by atoms with E-state index in [4.69, 9.17) is 0 Å². The monoisotopic (exact) mass is 543 g/mol. The summed E-state index contributed by atoms with van der Waals surface area (Å²) in [6.45, 7) is 4.96. The van der Waals surface area contributed by atoms with Crippen LogP contribution < -0.4 is 16.0 Å². The predicted octanol–water partition coefficient (Wildman–Crippen LogP) is 2.34. The minimum atomic E-state index is -4.50. The van der Waals surface area contributed by atoms with Gasteiger partial charge in [0.25, 0.3) is 0 Å². The molecule has 0 atom stereocenters. The van der Waals surface area contributed by atoms with Crippen molar-refractivity contribution >= 4 is 41.8 Å². The largest absolute Gasteiger partial charge is 0.433 e. The molecule has 2 rings (SSSR count). The van der Waals surface area contributed by atoms with E-state index in [-0.39, 0.29) is 35.8 Å². The fraction of sp³-hybridized carbons (Fsp3) is 0.667. The van der Waals surface area contributed by atoms with Crippen molar-refractivity contribution in [1.82, 2.24) is 25.5 Å². The van der Waals surface area contributed by atoms with Crippen molar-refractivity contribution in [1.29, 1.82) is 0 Å². The van der Waals surface area contributed by atoms with E-state index in [1.165, 1.54) is 0 Å². The molecule has 1 aromatic heterocycles. The molecule has 170 valence electrons. The maximum absolute atomic E-state index is 12.7. The molecule has 12 heteroatoms. The number of nitrogens with zero attached hydrogens (tertiary/aromatic N) is 4. The number of aliphatic imine (C=N–C) groups is 1. The van der Waals surface area contributed by atoms with Gasteiger partial charge in [0.15, 0.2) is 5.96 Å². The lowest BCUT2D eigenvalue weighted by Gasteiger charge is -2.34. The molecule has 1 aliphatic heterocycles. The first-order valence-electron chi connectivity index (χ1n) is 9.71. The highest BCUT2D eigenvalue weighted by Crippen LogP contribution is 2.27. The lowest BCUT2D eigenvalue weighted by Crippen LogP contribution is -2.46. The fourth-order valence-electron chi connectivity index (χ4n) is 3.07. The third-order valence-electron chi connectivity index (χ3n) is 4.60. The molecule has 0 saturated carbocycles. The lowest BCUT2D eigenvalue weighted by atomic mass is 9.93. The molecule has 3 N–H and O–H groups in total. The predicted molar refractivity (Wildman–Crippen MR) is 120 cm³/mol. The Balaban J connectivity index is 0.00000450. The molecule has 30 heavy (non-hydrogen) atoms. The van der Waals surface area contributed by atoms with Crippen LogP contribution in [0.2, 0.25) is 0 Å². The van der Waals surface area contributed by atoms with Crippen LogP contribution in [-0.4, -0.2) is 66.5 Å². The number of amides is 1. The molecule has 0 aliphatic carbocycles. The first-order valence-corrected chi connectivity index (χ1v) is 9.71. The Morgan fingerprint density at radius 3 is 2.63 bits per heavy atom. The quantitative estimate of drug-likeness (QED) is 0.212. The number of carbonyl (C=O) groups is 1. The van der Waals surface area contributed by atoms with Gasteiger partial charge in [-0.2, -0.15) is 13.2 Å². The third-order valence-corrected chi connectivity index (χ3v) is 4.60. The van der Waals surface area contributed by atoms with Gasteiger partial charge in [-0.1, -0.05) is 0 Å². The first kappa shape index (κ1) is 26.2. The zero-order valence-corrected chi connectivity index (χ0v) is 19.5. The second-order valence-electron chi connectivity index (χ2n) is 6.73. The Kier molecular flexibility index (Phi) is 11.1. The van der Waals surface area contributed by atoms with Gasteiger partial charge in [-0.25, -0.2) is 9.97 Å². The van der Waals surface area contributed by atoms with Crippen molar-refractivity contribution in [3.05, 3.63) is 18.0 Å². The summed E-state index contributed by atoms with van der Waals surface area (Å²) >= 11 is 0. The summed E-state index contributed by atoms with van der Waals surface area (Å²) in [5.74, 6) is 1.12. The average Bonchev–Trinajstić information content (AvgIpc) is 2.70. The number of anilines is 1. The normalized spacial score (nSPS) is 15.4. The van der Waals surface area contributed by atoms with Crippen molar-refractivity contribution in [2.45, 2.75) is 32.4 Å². The number of hydrogen-bond acceptors (Lipinski definition) is 5. The van der Waals surface area contributed by atoms with Crippen LogP contribution >= 0.6 is 24.0 Å². The Labute approximate surface area is 191 Å². The van der Waals surface area contributed by atoms with E-state index in [1.807, 2.05) is 6.92 Å². The van der Waals surface area contributed by atoms with E-state index in [2.05, 4.69) is 35.8 Å². The number of halogens is 4. The van der Waals surface area contributed by atoms with Gasteiger partial charge >= 0.3 is 6.18 Å². The van der Waals surface area contributed by atoms with E-state index < -0.39 is 11.9 Å². The number of guanidine groups is 1. The standard InChI is InChI=1S/C18H28F3N7O.HI/c1-3-23-17(28-10-5-13(6-11-28)12-15(29)22-2)26-9-8-25-16-24-7-4-14(27-16)18(19,20)21;/h4,7,13H,3,5-6,8-12H2,1-2H3,(H,22,29)(H,23,26)(H,24,25,27);1H. The average molecular weight is 543 g/mol. The van der Waals surface area contributed by atoms with Gasteiger partial charge in [0.1, 0.15) is 5.69 Å². The van der Waals surface area contributed by atoms with Gasteiger partial charge in [0, 0.05) is 45.8 Å². The van der Waals surface area contributed by atoms with Crippen LogP contribution in [0.25, 0.3) is 0 Å². The minimum absolute atomic E-state index is 0. The van der Waals surface area contributed by atoms with Gasteiger partial charge in [-0.15, -0.1) is 24.0 Å². The molecule has 1 amide bonds. The summed E-state index contributed by atoms with van der Waals surface area (Å²) in [6.07, 6.45) is -1.06. The van der Waals surface area contributed by atoms with Gasteiger partial charge in [-0.05, 0) is 31.7 Å². The second-order valence-corrected chi connectivity index (χ2v) is 6.73. The smallest absolute Gasteiger partial charge is 0.359 e. The molecular formula is C18H29F3IN7O. The van der Waals surface area contributed by atoms with Crippen molar-refractivity contribution in [3.63, 3.8) is 0 Å². The summed E-state index contributed by atoms with van der Waals surface area (Å²) in [4.78, 5) is 25.5. The highest BCUT2D eigenvalue weighted by molar-refractivity contribution is 14.0. The van der Waals surface area contributed by atoms with E-state index in [0.29, 0.717) is 32.0 Å². The van der Waals surface area contributed by atoms with Crippen LogP contribution in [0, 0.1) is 5.92 Å². The van der Waals surface area contributed by atoms with Crippen LogP contribution in [0.5, 0.6) is 0 Å². The third kappa shape index (κ3) is 8.48. The molecule has 1 aliphatic rings. The summed E-state index contributed by atoms with van der Waals surface area (Å²) in [7, 11) is 1.64. The molecule has 0 bridgehead atoms. The second kappa shape index (κ2) is 12.7. The molecule has 1 aromatic rings. The van der Waals surface area contributed by atoms with E-state index in [9.17, 15) is 18.0 Å². The van der Waals surface area contributed by atoms with E-state index in [0.717, 1.165) is 44.2 Å². The van der Waals surface area contributed by atoms with Crippen LogP contribution in [0.4, 0.5) is 19.1 Å². The summed E-state index contributed by atoms with van der Waals surface area (Å²) in [5, 5.41) is 8.67. The number of hydrogen-bond donors (Lipinski definition) is 3. The number of piperidine rings is 1. The highest BCUT2D eigenvalue weighted by Gasteiger charge is 2.32. The lowest BCUT2D eigenvalue weighted by molar-refractivity contribution is -0.141. The van der Waals surface area contributed by atoms with Crippen molar-refractivity contribution in [3.8, 4) is 0 Å². The Hall–Kier alpha value is -1.86. The number of likely N-dealkylation sites (tertiary alicyclic amines) is 1. The number of nitrogens with one attached hydrogen (secondary N) is 3. The van der Waals surface area contributed by atoms with Crippen molar-refractivity contribution in [2.24, 2.45) is 10.9 Å². The van der Waals surface area contributed by atoms with E-state index in [1.54, 1.807) is 7.05 Å². The Morgan fingerprint density at radius 1 is 1.33 bits per heavy atom. The number of rotatable bonds is 7. The van der Waals surface area contributed by atoms with E-state index >= 15 is 0 Å². The molecule has 1 fully saturated rings. The molecule has 0 aromatic carbocycles. The van der Waals surface area contributed by atoms with Crippen LogP contribution in [0.15, 0.2) is 17.3 Å². The Morgan fingerprint density at radius 2 is 2.03 bits per heavy atom. The zero-order valence-electron chi connectivity index (χ0n) is 17.1. The summed E-state index contributed by atoms with van der Waals surface area (Å²) in [6, 6.07) is 0.834. The molecule has 8 nitrogen and oxygen atoms in total. The van der Waals surface area contributed by atoms with Crippen LogP contribution in [0.1, 0.15) is 31.9 Å². The zero-order chi connectivity index (χ0) is 21.3. The van der Waals surface area contributed by atoms with Gasteiger partial charge in [0.05, 0.1) is 6.54 Å². The molecule has 0 unspecified atom stereocenters. The maximum atomic E-state index is 12.7. The SMILES string of the molecule is CCNC(=NCCNc1nccc(C(F)(F)F)n1)N1CCC(CC(=O)NC)CC1.I. The number of aromatic nitrogens is 2. The molecule has 1 saturated heterocycles. The van der Waals surface area contributed by atoms with Gasteiger partial charge < -0.3 is 20.9 Å². The van der Waals surface area contributed by atoms with Gasteiger partial charge in [0.2, 0.25) is 11.9 Å². The minimum Gasteiger partial charge on any atom is -0.359 e. The topological polar surface area (TPSA) is 94.5 Å². The summed E-state index contributed by atoms with van der Waals surface area (Å²) in [5.41, 5.74) is -0.980. The first-order chi connectivity index (χ1) is 13.8.